The van der Waals surface area contributed by atoms with Crippen molar-refractivity contribution in [2.75, 3.05) is 39.9 Å². The minimum atomic E-state index is -0.612. The average Bonchev–Trinajstić information content (AvgIpc) is 2.48. The highest BCUT2D eigenvalue weighted by Gasteiger charge is 2.43. The molecule has 0 aliphatic carbocycles. The summed E-state index contributed by atoms with van der Waals surface area (Å²) in [5, 5.41) is 3.29. The maximum Gasteiger partial charge on any atom is 0.254 e. The van der Waals surface area contributed by atoms with Crippen LogP contribution in [0, 0.1) is 0 Å². The van der Waals surface area contributed by atoms with Crippen LogP contribution in [0.25, 0.3) is 0 Å². The molecule has 0 unspecified atom stereocenters. The number of amides is 1. The highest BCUT2D eigenvalue weighted by atomic mass is 16.5. The quantitative estimate of drug-likeness (QED) is 0.820. The van der Waals surface area contributed by atoms with Gasteiger partial charge in [-0.15, -0.1) is 0 Å². The molecule has 110 valence electrons. The second-order valence-corrected chi connectivity index (χ2v) is 5.42. The van der Waals surface area contributed by atoms with Crippen molar-refractivity contribution in [3.05, 3.63) is 0 Å². The number of ether oxygens (including phenoxy) is 2. The Kier molecular flexibility index (Phi) is 5.19. The Balaban J connectivity index is 2.00. The minimum Gasteiger partial charge on any atom is -0.377 e. The minimum absolute atomic E-state index is 0.154. The number of likely N-dealkylation sites (tertiary alicyclic amines) is 1. The molecule has 1 amide bonds. The van der Waals surface area contributed by atoms with Gasteiger partial charge in [0.15, 0.2) is 0 Å². The van der Waals surface area contributed by atoms with E-state index in [2.05, 4.69) is 5.32 Å². The van der Waals surface area contributed by atoms with Gasteiger partial charge in [-0.25, -0.2) is 0 Å². The normalized spacial score (nSPS) is 27.3. The Morgan fingerprint density at radius 3 is 2.79 bits per heavy atom. The zero-order chi connectivity index (χ0) is 13.7. The number of hydrogen-bond donors (Lipinski definition) is 1. The van der Waals surface area contributed by atoms with Crippen LogP contribution in [0.1, 0.15) is 32.6 Å². The fourth-order valence-corrected chi connectivity index (χ4v) is 3.12. The standard InChI is InChI=1S/C14H26N2O3/c1-3-19-12-5-4-10-16(11-12)13(17)14(18-2)6-8-15-9-7-14/h12,15H,3-11H2,1-2H3/t12-/m1/s1. The fraction of sp³-hybridized carbons (Fsp3) is 0.929. The summed E-state index contributed by atoms with van der Waals surface area (Å²) in [7, 11) is 1.66. The van der Waals surface area contributed by atoms with Crippen LogP contribution in [-0.2, 0) is 14.3 Å². The number of carbonyl (C=O) groups is 1. The molecule has 2 rings (SSSR count). The Bertz CT molecular complexity index is 301. The van der Waals surface area contributed by atoms with Gasteiger partial charge in [0.25, 0.3) is 5.91 Å². The largest absolute Gasteiger partial charge is 0.377 e. The summed E-state index contributed by atoms with van der Waals surface area (Å²) in [6.07, 6.45) is 3.79. The second-order valence-electron chi connectivity index (χ2n) is 5.42. The van der Waals surface area contributed by atoms with Gasteiger partial charge in [0.2, 0.25) is 0 Å². The molecule has 2 fully saturated rings. The predicted octanol–water partition coefficient (Wildman–Crippen LogP) is 0.783. The van der Waals surface area contributed by atoms with Crippen LogP contribution < -0.4 is 5.32 Å². The average molecular weight is 270 g/mol. The van der Waals surface area contributed by atoms with Gasteiger partial charge in [-0.05, 0) is 45.7 Å². The zero-order valence-corrected chi connectivity index (χ0v) is 12.1. The van der Waals surface area contributed by atoms with Gasteiger partial charge in [0.05, 0.1) is 6.10 Å². The van der Waals surface area contributed by atoms with Gasteiger partial charge < -0.3 is 19.7 Å². The SMILES string of the molecule is CCO[C@@H]1CCCN(C(=O)C2(OC)CCNCC2)C1. The van der Waals surface area contributed by atoms with Crippen molar-refractivity contribution in [2.45, 2.75) is 44.3 Å². The summed E-state index contributed by atoms with van der Waals surface area (Å²) in [6, 6.07) is 0. The van der Waals surface area contributed by atoms with Crippen molar-refractivity contribution >= 4 is 5.91 Å². The molecule has 19 heavy (non-hydrogen) atoms. The van der Waals surface area contributed by atoms with Crippen LogP contribution in [0.3, 0.4) is 0 Å². The number of hydrogen-bond acceptors (Lipinski definition) is 4. The molecule has 0 radical (unpaired) electrons. The maximum absolute atomic E-state index is 12.8. The molecule has 0 aromatic carbocycles. The first kappa shape index (κ1) is 14.8. The number of piperidine rings is 2. The van der Waals surface area contributed by atoms with E-state index >= 15 is 0 Å². The highest BCUT2D eigenvalue weighted by molar-refractivity contribution is 5.85. The highest BCUT2D eigenvalue weighted by Crippen LogP contribution is 2.27. The monoisotopic (exact) mass is 270 g/mol. The number of nitrogens with one attached hydrogen (secondary N) is 1. The molecule has 0 aromatic rings. The molecular formula is C14H26N2O3. The van der Waals surface area contributed by atoms with E-state index in [1.807, 2.05) is 11.8 Å². The summed E-state index contributed by atoms with van der Waals surface area (Å²) in [4.78, 5) is 14.7. The Labute approximate surface area is 115 Å². The number of rotatable bonds is 4. The van der Waals surface area contributed by atoms with E-state index < -0.39 is 5.60 Å². The molecule has 5 nitrogen and oxygen atoms in total. The van der Waals surface area contributed by atoms with E-state index in [-0.39, 0.29) is 12.0 Å². The van der Waals surface area contributed by atoms with Gasteiger partial charge in [0.1, 0.15) is 5.60 Å². The number of methoxy groups -OCH3 is 1. The van der Waals surface area contributed by atoms with Crippen molar-refractivity contribution in [2.24, 2.45) is 0 Å². The Morgan fingerprint density at radius 2 is 2.16 bits per heavy atom. The summed E-state index contributed by atoms with van der Waals surface area (Å²) in [6.45, 7) is 5.97. The van der Waals surface area contributed by atoms with Gasteiger partial charge in [-0.3, -0.25) is 4.79 Å². The third-order valence-electron chi connectivity index (χ3n) is 4.26. The smallest absolute Gasteiger partial charge is 0.254 e. The Morgan fingerprint density at radius 1 is 1.42 bits per heavy atom. The summed E-state index contributed by atoms with van der Waals surface area (Å²) >= 11 is 0. The summed E-state index contributed by atoms with van der Waals surface area (Å²) < 4.78 is 11.3. The number of carbonyl (C=O) groups excluding carboxylic acids is 1. The van der Waals surface area contributed by atoms with E-state index in [1.165, 1.54) is 0 Å². The molecule has 5 heteroatoms. The summed E-state index contributed by atoms with van der Waals surface area (Å²) in [5.74, 6) is 0.154. The van der Waals surface area contributed by atoms with Crippen molar-refractivity contribution in [1.82, 2.24) is 10.2 Å². The van der Waals surface area contributed by atoms with Crippen LogP contribution in [0.15, 0.2) is 0 Å². The third-order valence-corrected chi connectivity index (χ3v) is 4.26. The van der Waals surface area contributed by atoms with Crippen LogP contribution in [-0.4, -0.2) is 62.4 Å². The van der Waals surface area contributed by atoms with E-state index in [1.54, 1.807) is 7.11 Å². The molecule has 0 aromatic heterocycles. The Hall–Kier alpha value is -0.650. The van der Waals surface area contributed by atoms with Crippen LogP contribution >= 0.6 is 0 Å². The molecule has 1 N–H and O–H groups in total. The van der Waals surface area contributed by atoms with Crippen LogP contribution in [0.2, 0.25) is 0 Å². The lowest BCUT2D eigenvalue weighted by Gasteiger charge is -2.41. The molecule has 2 aliphatic rings. The van der Waals surface area contributed by atoms with E-state index in [9.17, 15) is 4.79 Å². The predicted molar refractivity (Wildman–Crippen MR) is 73.1 cm³/mol. The van der Waals surface area contributed by atoms with E-state index in [4.69, 9.17) is 9.47 Å². The third kappa shape index (κ3) is 3.27. The molecule has 1 atom stereocenters. The van der Waals surface area contributed by atoms with Gasteiger partial charge in [0, 0.05) is 26.8 Å². The van der Waals surface area contributed by atoms with Crippen molar-refractivity contribution in [1.29, 1.82) is 0 Å². The molecular weight excluding hydrogens is 244 g/mol. The number of nitrogens with zero attached hydrogens (tertiary/aromatic N) is 1. The van der Waals surface area contributed by atoms with Crippen molar-refractivity contribution in [3.63, 3.8) is 0 Å². The first-order valence-corrected chi connectivity index (χ1v) is 7.38. The molecule has 2 aliphatic heterocycles. The molecule has 2 heterocycles. The first-order chi connectivity index (χ1) is 9.22. The van der Waals surface area contributed by atoms with E-state index in [0.717, 1.165) is 45.3 Å². The molecule has 0 spiro atoms. The summed E-state index contributed by atoms with van der Waals surface area (Å²) in [5.41, 5.74) is -0.612. The first-order valence-electron chi connectivity index (χ1n) is 7.38. The van der Waals surface area contributed by atoms with Crippen LogP contribution in [0.4, 0.5) is 0 Å². The molecule has 0 bridgehead atoms. The van der Waals surface area contributed by atoms with Gasteiger partial charge in [-0.1, -0.05) is 0 Å². The van der Waals surface area contributed by atoms with Gasteiger partial charge >= 0.3 is 0 Å². The van der Waals surface area contributed by atoms with Crippen LogP contribution in [0.5, 0.6) is 0 Å². The lowest BCUT2D eigenvalue weighted by atomic mass is 9.89. The fourth-order valence-electron chi connectivity index (χ4n) is 3.12. The zero-order valence-electron chi connectivity index (χ0n) is 12.1. The second kappa shape index (κ2) is 6.68. The molecule has 2 saturated heterocycles. The van der Waals surface area contributed by atoms with Crippen molar-refractivity contribution < 1.29 is 14.3 Å². The molecule has 0 saturated carbocycles. The lowest BCUT2D eigenvalue weighted by Crippen LogP contribution is -2.57. The van der Waals surface area contributed by atoms with Crippen molar-refractivity contribution in [3.8, 4) is 0 Å². The lowest BCUT2D eigenvalue weighted by molar-refractivity contribution is -0.162. The maximum atomic E-state index is 12.8. The van der Waals surface area contributed by atoms with E-state index in [0.29, 0.717) is 13.2 Å². The topological polar surface area (TPSA) is 50.8 Å². The van der Waals surface area contributed by atoms with Gasteiger partial charge in [-0.2, -0.15) is 0 Å².